The Hall–Kier alpha value is -0.603. The zero-order valence-corrected chi connectivity index (χ0v) is 24.0. The lowest BCUT2D eigenvalue weighted by Crippen LogP contribution is -2.49. The fourth-order valence-corrected chi connectivity index (χ4v) is 10.3. The molecule has 0 heterocycles. The van der Waals surface area contributed by atoms with Crippen molar-refractivity contribution in [2.45, 2.75) is 129 Å². The van der Waals surface area contributed by atoms with Crippen molar-refractivity contribution < 1.29 is 14.6 Å². The summed E-state index contributed by atoms with van der Waals surface area (Å²) in [5, 5.41) is 22.1. The van der Waals surface area contributed by atoms with Gasteiger partial charge in [-0.05, 0) is 114 Å². The maximum atomic E-state index is 11.9. The van der Waals surface area contributed by atoms with E-state index < -0.39 is 20.0 Å². The Kier molecular flexibility index (Phi) is 6.81. The first-order chi connectivity index (χ1) is 15.6. The van der Waals surface area contributed by atoms with Gasteiger partial charge in [0.2, 0.25) is 0 Å². The van der Waals surface area contributed by atoms with Crippen LogP contribution in [0.25, 0.3) is 0 Å². The van der Waals surface area contributed by atoms with Crippen molar-refractivity contribution in [2.24, 2.45) is 34.5 Å². The van der Waals surface area contributed by atoms with Crippen LogP contribution in [-0.2, 0) is 4.43 Å². The Balaban J connectivity index is 1.41. The number of aliphatic hydroxyl groups is 2. The second kappa shape index (κ2) is 8.75. The van der Waals surface area contributed by atoms with Gasteiger partial charge in [0, 0.05) is 5.92 Å². The Bertz CT molecular complexity index is 863. The molecule has 0 radical (unpaired) electrons. The van der Waals surface area contributed by atoms with E-state index in [1.807, 2.05) is 0 Å². The summed E-state index contributed by atoms with van der Waals surface area (Å²) in [6.45, 7) is 20.4. The van der Waals surface area contributed by atoms with E-state index in [0.717, 1.165) is 44.1 Å². The molecular weight excluding hydrogens is 439 g/mol. The Morgan fingerprint density at radius 2 is 1.91 bits per heavy atom. The third-order valence-electron chi connectivity index (χ3n) is 10.1. The molecule has 0 aromatic rings. The maximum absolute atomic E-state index is 11.9. The van der Waals surface area contributed by atoms with Gasteiger partial charge >= 0.3 is 0 Å². The molecule has 8 atom stereocenters. The summed E-state index contributed by atoms with van der Waals surface area (Å²) in [6, 6.07) is 0. The van der Waals surface area contributed by atoms with Crippen LogP contribution in [0.15, 0.2) is 12.2 Å². The van der Waals surface area contributed by atoms with Crippen molar-refractivity contribution >= 4 is 8.32 Å². The van der Waals surface area contributed by atoms with Gasteiger partial charge in [0.25, 0.3) is 0 Å². The molecule has 3 nitrogen and oxygen atoms in total. The van der Waals surface area contributed by atoms with E-state index in [1.165, 1.54) is 25.7 Å². The molecule has 0 saturated heterocycles. The molecule has 192 valence electrons. The Morgan fingerprint density at radius 1 is 1.21 bits per heavy atom. The van der Waals surface area contributed by atoms with E-state index in [2.05, 4.69) is 65.8 Å². The lowest BCUT2D eigenvalue weighted by Gasteiger charge is -2.49. The molecule has 4 aliphatic carbocycles. The molecule has 34 heavy (non-hydrogen) atoms. The third kappa shape index (κ3) is 4.84. The van der Waals surface area contributed by atoms with E-state index in [0.29, 0.717) is 17.8 Å². The maximum Gasteiger partial charge on any atom is 0.184 e. The molecule has 0 amide bonds. The number of hydrogen-bond donors (Lipinski definition) is 2. The fourth-order valence-electron chi connectivity index (χ4n) is 8.51. The largest absolute Gasteiger partial charge is 0.413 e. The van der Waals surface area contributed by atoms with Crippen LogP contribution in [0.5, 0.6) is 0 Å². The summed E-state index contributed by atoms with van der Waals surface area (Å²) in [6.07, 6.45) is 10.3. The first kappa shape index (κ1) is 26.5. The van der Waals surface area contributed by atoms with Gasteiger partial charge in [-0.1, -0.05) is 45.1 Å². The first-order valence-electron chi connectivity index (χ1n) is 14.0. The van der Waals surface area contributed by atoms with Crippen molar-refractivity contribution in [1.29, 1.82) is 0 Å². The van der Waals surface area contributed by atoms with Crippen LogP contribution in [0.2, 0.25) is 19.6 Å². The highest BCUT2D eigenvalue weighted by atomic mass is 28.4. The van der Waals surface area contributed by atoms with Crippen LogP contribution in [0.3, 0.4) is 0 Å². The first-order valence-corrected chi connectivity index (χ1v) is 17.4. The average molecular weight is 490 g/mol. The number of hydrogen-bond acceptors (Lipinski definition) is 3. The standard InChI is InChI=1S/C30H50O3Si/c1-21(11-9-14-27(3,4)33-34(6,7)8)24-12-13-26-28(24,5)15-10-16-30(26,32)18-17-29-20-23(29)19-25(31)22(29)2/h21,23-26,31-32H,2,9-16,19-20H2,1,3-8H3/t21-,23-,24-,25+,26-,28-,29-,30-/m1/s1/i2+1,16+1,18+1. The monoisotopic (exact) mass is 489 g/mol. The van der Waals surface area contributed by atoms with E-state index >= 15 is 0 Å². The van der Waals surface area contributed by atoms with Gasteiger partial charge in [-0.25, -0.2) is 0 Å². The molecule has 4 heteroatoms. The molecule has 4 saturated carbocycles. The van der Waals surface area contributed by atoms with E-state index in [9.17, 15) is 10.2 Å². The van der Waals surface area contributed by atoms with Crippen molar-refractivity contribution in [2.75, 3.05) is 0 Å². The van der Waals surface area contributed by atoms with Gasteiger partial charge in [0.05, 0.1) is 17.1 Å². The lowest BCUT2D eigenvalue weighted by atomic mass is 9.62. The summed E-state index contributed by atoms with van der Waals surface area (Å²) in [5.74, 6) is 8.95. The Morgan fingerprint density at radius 3 is 2.53 bits per heavy atom. The second-order valence-electron chi connectivity index (χ2n) is 14.3. The van der Waals surface area contributed by atoms with Crippen molar-refractivity contribution in [1.82, 2.24) is 0 Å². The highest BCUT2D eigenvalue weighted by Gasteiger charge is 2.63. The molecule has 2 N–H and O–H groups in total. The topological polar surface area (TPSA) is 49.7 Å². The zero-order valence-electron chi connectivity index (χ0n) is 23.0. The second-order valence-corrected chi connectivity index (χ2v) is 18.7. The third-order valence-corrected chi connectivity index (χ3v) is 11.2. The van der Waals surface area contributed by atoms with Crippen molar-refractivity contribution in [3.05, 3.63) is 12.2 Å². The molecule has 0 aliphatic heterocycles. The van der Waals surface area contributed by atoms with Gasteiger partial charge in [-0.2, -0.15) is 0 Å². The molecule has 4 aliphatic rings. The number of fused-ring (bicyclic) bond motifs is 2. The summed E-state index contributed by atoms with van der Waals surface area (Å²) < 4.78 is 6.43. The van der Waals surface area contributed by atoms with Crippen LogP contribution < -0.4 is 0 Å². The highest BCUT2D eigenvalue weighted by molar-refractivity contribution is 6.69. The smallest absolute Gasteiger partial charge is 0.184 e. The van der Waals surface area contributed by atoms with Crippen LogP contribution in [0.4, 0.5) is 0 Å². The molecule has 0 aromatic carbocycles. The van der Waals surface area contributed by atoms with Gasteiger partial charge < -0.3 is 14.6 Å². The summed E-state index contributed by atoms with van der Waals surface area (Å²) in [4.78, 5) is 0. The SMILES string of the molecule is C[C@H](CCCC(C)(C)O[Si](C)(C)C)[C@H]1CC[C@@H]2[C@]1(C)CC[13CH2][C@@]2(O)[13C]#C[C@]12C[C@H]1C[C@H](O)C2=[13CH2]. The van der Waals surface area contributed by atoms with Crippen LogP contribution >= 0.6 is 0 Å². The van der Waals surface area contributed by atoms with Crippen LogP contribution in [0, 0.1) is 46.3 Å². The van der Waals surface area contributed by atoms with Crippen LogP contribution in [0.1, 0.15) is 91.9 Å². The van der Waals surface area contributed by atoms with Crippen molar-refractivity contribution in [3.63, 3.8) is 0 Å². The predicted octanol–water partition coefficient (Wildman–Crippen LogP) is 6.70. The minimum atomic E-state index is -1.54. The minimum Gasteiger partial charge on any atom is -0.413 e. The Labute approximate surface area is 210 Å². The lowest BCUT2D eigenvalue weighted by molar-refractivity contribution is -0.0718. The minimum absolute atomic E-state index is 0.0368. The molecule has 4 rings (SSSR count). The predicted molar refractivity (Wildman–Crippen MR) is 143 cm³/mol. The zero-order chi connectivity index (χ0) is 25.2. The van der Waals surface area contributed by atoms with Crippen molar-refractivity contribution in [3.8, 4) is 11.8 Å². The summed E-state index contributed by atoms with van der Waals surface area (Å²) >= 11 is 0. The van der Waals surface area contributed by atoms with Gasteiger partial charge in [0.15, 0.2) is 8.32 Å². The molecule has 0 aromatic heterocycles. The summed E-state index contributed by atoms with van der Waals surface area (Å²) in [5.41, 5.74) is -0.0711. The molecule has 4 fully saturated rings. The molecular formula is C30H50O3Si. The van der Waals surface area contributed by atoms with Crippen LogP contribution in [-0.4, -0.2) is 35.8 Å². The molecule has 0 bridgehead atoms. The fraction of sp³-hybridized carbons (Fsp3) is 0.867. The quantitative estimate of drug-likeness (QED) is 0.181. The van der Waals surface area contributed by atoms with E-state index in [-0.39, 0.29) is 22.3 Å². The molecule has 0 spiro atoms. The summed E-state index contributed by atoms with van der Waals surface area (Å²) in [7, 11) is -1.54. The van der Waals surface area contributed by atoms with Gasteiger partial charge in [-0.15, -0.1) is 0 Å². The van der Waals surface area contributed by atoms with E-state index in [4.69, 9.17) is 4.43 Å². The number of rotatable bonds is 7. The van der Waals surface area contributed by atoms with Gasteiger partial charge in [0.1, 0.15) is 5.60 Å². The molecule has 0 unspecified atom stereocenters. The van der Waals surface area contributed by atoms with Gasteiger partial charge in [-0.3, -0.25) is 0 Å². The highest BCUT2D eigenvalue weighted by Crippen LogP contribution is 2.66. The average Bonchev–Trinajstić information content (AvgIpc) is 3.17. The van der Waals surface area contributed by atoms with E-state index in [1.54, 1.807) is 0 Å². The normalized spacial score (nSPS) is 42.6. The number of aliphatic hydroxyl groups excluding tert-OH is 1.